The first-order valence-corrected chi connectivity index (χ1v) is 8.06. The monoisotopic (exact) mass is 349 g/mol. The van der Waals surface area contributed by atoms with E-state index in [9.17, 15) is 9.90 Å². The Morgan fingerprint density at radius 1 is 1.25 bits per heavy atom. The van der Waals surface area contributed by atoms with E-state index in [0.29, 0.717) is 6.54 Å². The third kappa shape index (κ3) is 14.9. The smallest absolute Gasteiger partial charge is 0.225 e. The Labute approximate surface area is 153 Å². The highest BCUT2D eigenvalue weighted by Crippen LogP contribution is 2.19. The molecule has 0 aromatic heterocycles. The van der Waals surface area contributed by atoms with Crippen molar-refractivity contribution in [2.24, 2.45) is 5.41 Å². The molecule has 5 nitrogen and oxygen atoms in total. The molecular weight excluding hydrogens is 302 g/mol. The summed E-state index contributed by atoms with van der Waals surface area (Å²) in [5, 5.41) is 13.0. The third-order valence-corrected chi connectivity index (χ3v) is 3.91. The number of nitrogens with one attached hydrogen (secondary N) is 2. The van der Waals surface area contributed by atoms with Crippen molar-refractivity contribution in [1.29, 1.82) is 0 Å². The van der Waals surface area contributed by atoms with Crippen molar-refractivity contribution in [1.82, 2.24) is 5.32 Å². The third-order valence-electron chi connectivity index (χ3n) is 3.91. The van der Waals surface area contributed by atoms with E-state index in [-0.39, 0.29) is 39.7 Å². The fraction of sp³-hybridized carbons (Fsp3) is 0.842. The van der Waals surface area contributed by atoms with E-state index in [1.807, 2.05) is 20.8 Å². The Morgan fingerprint density at radius 2 is 1.75 bits per heavy atom. The minimum absolute atomic E-state index is 0. The zero-order chi connectivity index (χ0) is 16.7. The molecule has 1 amide bonds. The van der Waals surface area contributed by atoms with Gasteiger partial charge in [-0.25, -0.2) is 0 Å². The number of carbonyl (C=O) groups excluding carboxylic acids is 1. The molecule has 0 aromatic carbocycles. The van der Waals surface area contributed by atoms with Crippen LogP contribution >= 0.6 is 0 Å². The van der Waals surface area contributed by atoms with Crippen LogP contribution in [-0.2, 0) is 4.79 Å². The first-order chi connectivity index (χ1) is 9.48. The number of hydrogen-bond donors (Lipinski definition) is 3. The molecule has 0 aliphatic heterocycles. The maximum atomic E-state index is 11.9. The van der Waals surface area contributed by atoms with E-state index in [2.05, 4.69) is 33.5 Å². The number of nitrogens with zero attached hydrogens (tertiary/aromatic N) is 1. The van der Waals surface area contributed by atoms with Gasteiger partial charge in [0, 0.05) is 18.4 Å². The summed E-state index contributed by atoms with van der Waals surface area (Å²) in [6, 6.07) is 0. The second-order valence-corrected chi connectivity index (χ2v) is 7.88. The first kappa shape index (κ1) is 31.2. The fourth-order valence-corrected chi connectivity index (χ4v) is 2.19. The number of quaternary nitrogens is 2. The van der Waals surface area contributed by atoms with E-state index in [0.717, 1.165) is 37.0 Å². The molecule has 5 heteroatoms. The van der Waals surface area contributed by atoms with E-state index < -0.39 is 0 Å². The van der Waals surface area contributed by atoms with Crippen molar-refractivity contribution < 1.29 is 19.3 Å². The average molecular weight is 350 g/mol. The molecule has 3 N–H and O–H groups in total. The van der Waals surface area contributed by atoms with Crippen LogP contribution in [0, 0.1) is 20.3 Å². The van der Waals surface area contributed by atoms with Gasteiger partial charge in [0.25, 0.3) is 0 Å². The molecule has 0 aromatic rings. The molecule has 2 atom stereocenters. The molecule has 150 valence electrons. The van der Waals surface area contributed by atoms with E-state index in [1.165, 1.54) is 4.90 Å². The highest BCUT2D eigenvalue weighted by Gasteiger charge is 2.24. The van der Waals surface area contributed by atoms with Crippen LogP contribution in [0.3, 0.4) is 0 Å². The molecule has 0 aliphatic carbocycles. The summed E-state index contributed by atoms with van der Waals surface area (Å²) in [5.74, 6) is 0.132. The number of hydrogen-bond acceptors (Lipinski definition) is 2. The number of carbonyl (C=O) groups is 1. The van der Waals surface area contributed by atoms with Crippen molar-refractivity contribution in [2.45, 2.75) is 47.1 Å². The zero-order valence-corrected chi connectivity index (χ0v) is 17.1. The summed E-state index contributed by atoms with van der Waals surface area (Å²) in [7, 11) is 8.35. The summed E-state index contributed by atoms with van der Waals surface area (Å²) in [5.41, 5.74) is -0.278. The maximum Gasteiger partial charge on any atom is 0.225 e. The van der Waals surface area contributed by atoms with Crippen molar-refractivity contribution in [3.63, 3.8) is 0 Å². The SMILES string of the molecule is C.CCC(C)(C)C(=O)NCCC[NH+](C)CC(O)C[N+](C)(C)C.[CH3-].[CH3-]. The van der Waals surface area contributed by atoms with Gasteiger partial charge in [0.2, 0.25) is 5.91 Å². The van der Waals surface area contributed by atoms with Crippen molar-refractivity contribution in [3.05, 3.63) is 14.9 Å². The molecule has 0 aliphatic rings. The Morgan fingerprint density at radius 3 is 2.17 bits per heavy atom. The summed E-state index contributed by atoms with van der Waals surface area (Å²) < 4.78 is 0.774. The van der Waals surface area contributed by atoms with Crippen molar-refractivity contribution in [2.75, 3.05) is 54.4 Å². The number of aliphatic hydroxyl groups is 1. The van der Waals surface area contributed by atoms with Crippen molar-refractivity contribution in [3.8, 4) is 0 Å². The normalized spacial score (nSPS) is 13.7. The van der Waals surface area contributed by atoms with Crippen LogP contribution in [0.15, 0.2) is 0 Å². The minimum Gasteiger partial charge on any atom is -0.382 e. The lowest BCUT2D eigenvalue weighted by atomic mass is 9.89. The largest absolute Gasteiger partial charge is 0.382 e. The van der Waals surface area contributed by atoms with Gasteiger partial charge in [0.15, 0.2) is 6.10 Å². The number of likely N-dealkylation sites (N-methyl/N-ethyl adjacent to an activating group) is 2. The second kappa shape index (κ2) is 13.6. The van der Waals surface area contributed by atoms with E-state index >= 15 is 0 Å². The Hall–Kier alpha value is -0.650. The predicted molar refractivity (Wildman–Crippen MR) is 107 cm³/mol. The summed E-state index contributed by atoms with van der Waals surface area (Å²) in [4.78, 5) is 13.2. The highest BCUT2D eigenvalue weighted by atomic mass is 16.3. The van der Waals surface area contributed by atoms with Crippen LogP contribution in [0.1, 0.15) is 41.0 Å². The summed E-state index contributed by atoms with van der Waals surface area (Å²) in [6.07, 6.45) is 1.51. The molecule has 0 rings (SSSR count). The Kier molecular flexibility index (Phi) is 17.7. The van der Waals surface area contributed by atoms with Gasteiger partial charge in [0.1, 0.15) is 13.1 Å². The van der Waals surface area contributed by atoms with Gasteiger partial charge in [-0.05, 0) is 6.42 Å². The Bertz CT molecular complexity index is 312. The molecule has 0 spiro atoms. The molecule has 0 radical (unpaired) electrons. The lowest BCUT2D eigenvalue weighted by Gasteiger charge is -2.27. The van der Waals surface area contributed by atoms with Gasteiger partial charge in [-0.15, -0.1) is 0 Å². The topological polar surface area (TPSA) is 53.8 Å². The molecule has 0 fully saturated rings. The molecule has 0 saturated carbocycles. The number of rotatable bonds is 10. The van der Waals surface area contributed by atoms with E-state index in [1.54, 1.807) is 0 Å². The van der Waals surface area contributed by atoms with Gasteiger partial charge in [-0.1, -0.05) is 28.2 Å². The fourth-order valence-electron chi connectivity index (χ4n) is 2.19. The predicted octanol–water partition coefficient (Wildman–Crippen LogP) is 1.05. The zero-order valence-electron chi connectivity index (χ0n) is 17.1. The maximum absolute atomic E-state index is 11.9. The van der Waals surface area contributed by atoms with Crippen LogP contribution < -0.4 is 10.2 Å². The van der Waals surface area contributed by atoms with Gasteiger partial charge < -0.3 is 34.7 Å². The highest BCUT2D eigenvalue weighted by molar-refractivity contribution is 5.81. The average Bonchev–Trinajstić information content (AvgIpc) is 2.31. The molecule has 0 bridgehead atoms. The molecule has 0 heterocycles. The first-order valence-electron chi connectivity index (χ1n) is 8.06. The summed E-state index contributed by atoms with van der Waals surface area (Å²) >= 11 is 0. The van der Waals surface area contributed by atoms with Crippen LogP contribution in [0.25, 0.3) is 0 Å². The van der Waals surface area contributed by atoms with Crippen molar-refractivity contribution >= 4 is 5.91 Å². The van der Waals surface area contributed by atoms with Gasteiger partial charge in [-0.3, -0.25) is 4.79 Å². The molecule has 0 saturated heterocycles. The van der Waals surface area contributed by atoms with Gasteiger partial charge >= 0.3 is 0 Å². The van der Waals surface area contributed by atoms with Crippen LogP contribution in [0.4, 0.5) is 0 Å². The van der Waals surface area contributed by atoms with Gasteiger partial charge in [0.05, 0.1) is 34.7 Å². The van der Waals surface area contributed by atoms with Crippen LogP contribution in [-0.4, -0.2) is 76.0 Å². The quantitative estimate of drug-likeness (QED) is 0.314. The minimum atomic E-state index is -0.279. The molecule has 2 unspecified atom stereocenters. The number of aliphatic hydroxyl groups excluding tert-OH is 1. The lowest BCUT2D eigenvalue weighted by molar-refractivity contribution is -0.901. The lowest BCUT2D eigenvalue weighted by Crippen LogP contribution is -3.10. The number of amides is 1. The molecular formula is C19H47N3O2. The summed E-state index contributed by atoms with van der Waals surface area (Å²) in [6.45, 7) is 9.17. The second-order valence-electron chi connectivity index (χ2n) is 7.88. The van der Waals surface area contributed by atoms with Crippen LogP contribution in [0.2, 0.25) is 0 Å². The van der Waals surface area contributed by atoms with Gasteiger partial charge in [-0.2, -0.15) is 0 Å². The van der Waals surface area contributed by atoms with Crippen LogP contribution in [0.5, 0.6) is 0 Å². The standard InChI is InChI=1S/C16H35N3O2.CH4.2CH3/c1-8-16(2,3)15(21)17-10-9-11-18(4)12-14(20)13-19(5,6)7;;;/h14,20H,8-13H2,1-7H3;1H4;2*1H3/q;;2*-1/p+2. The van der Waals surface area contributed by atoms with E-state index in [4.69, 9.17) is 0 Å². The Balaban J connectivity index is -0.000000667. The molecule has 24 heavy (non-hydrogen) atoms.